The summed E-state index contributed by atoms with van der Waals surface area (Å²) in [5.41, 5.74) is 1.61. The lowest BCUT2D eigenvalue weighted by Gasteiger charge is -2.33. The fourth-order valence-corrected chi connectivity index (χ4v) is 5.74. The Morgan fingerprint density at radius 2 is 1.73 bits per heavy atom. The van der Waals surface area contributed by atoms with E-state index < -0.39 is 10.0 Å². The largest absolute Gasteiger partial charge is 0.340 e. The molecule has 4 rings (SSSR count). The number of carbonyl (C=O) groups excluding carboxylic acids is 2. The number of sulfonamides is 1. The Kier molecular flexibility index (Phi) is 5.95. The molecule has 2 fully saturated rings. The van der Waals surface area contributed by atoms with Gasteiger partial charge in [-0.2, -0.15) is 15.6 Å². The molecule has 0 spiro atoms. The van der Waals surface area contributed by atoms with E-state index in [0.717, 1.165) is 18.4 Å². The molecule has 0 bridgehead atoms. The van der Waals surface area contributed by atoms with Crippen LogP contribution in [0.1, 0.15) is 35.7 Å². The van der Waals surface area contributed by atoms with Crippen molar-refractivity contribution in [2.75, 3.05) is 26.2 Å². The normalized spacial score (nSPS) is 17.7. The maximum atomic E-state index is 13.0. The van der Waals surface area contributed by atoms with E-state index in [0.29, 0.717) is 25.2 Å². The summed E-state index contributed by atoms with van der Waals surface area (Å²) in [4.78, 5) is 28.2. The number of benzene rings is 1. The molecule has 2 aromatic rings. The number of piperazine rings is 1. The zero-order valence-electron chi connectivity index (χ0n) is 16.9. The lowest BCUT2D eigenvalue weighted by Crippen LogP contribution is -2.49. The maximum Gasteiger partial charge on any atom is 0.254 e. The number of nitrogens with zero attached hydrogens (tertiary/aromatic N) is 3. The smallest absolute Gasteiger partial charge is 0.254 e. The van der Waals surface area contributed by atoms with Gasteiger partial charge in [0.15, 0.2) is 0 Å². The number of amides is 2. The zero-order valence-corrected chi connectivity index (χ0v) is 18.5. The first-order valence-corrected chi connectivity index (χ1v) is 12.4. The van der Waals surface area contributed by atoms with E-state index in [-0.39, 0.29) is 35.8 Å². The van der Waals surface area contributed by atoms with E-state index in [1.807, 2.05) is 21.7 Å². The highest BCUT2D eigenvalue weighted by Gasteiger charge is 2.34. The molecule has 9 heteroatoms. The molecule has 160 valence electrons. The molecule has 1 aliphatic carbocycles. The topological polar surface area (TPSA) is 78.0 Å². The number of hydrogen-bond acceptors (Lipinski definition) is 5. The lowest BCUT2D eigenvalue weighted by molar-refractivity contribution is -0.129. The van der Waals surface area contributed by atoms with Gasteiger partial charge in [0.25, 0.3) is 5.91 Å². The average Bonchev–Trinajstić information content (AvgIpc) is 3.47. The van der Waals surface area contributed by atoms with E-state index in [1.54, 1.807) is 28.4 Å². The van der Waals surface area contributed by atoms with Crippen LogP contribution in [-0.2, 0) is 21.4 Å². The second-order valence-corrected chi connectivity index (χ2v) is 10.4. The summed E-state index contributed by atoms with van der Waals surface area (Å²) >= 11 is 1.61. The molecule has 0 atom stereocenters. The van der Waals surface area contributed by atoms with Gasteiger partial charge in [-0.3, -0.25) is 9.59 Å². The minimum atomic E-state index is -3.65. The van der Waals surface area contributed by atoms with Gasteiger partial charge in [-0.25, -0.2) is 8.42 Å². The fraction of sp³-hybridized carbons (Fsp3) is 0.429. The number of rotatable bonds is 6. The molecule has 30 heavy (non-hydrogen) atoms. The molecule has 0 unspecified atom stereocenters. The van der Waals surface area contributed by atoms with Gasteiger partial charge in [-0.05, 0) is 59.5 Å². The predicted molar refractivity (Wildman–Crippen MR) is 115 cm³/mol. The molecular weight excluding hydrogens is 422 g/mol. The van der Waals surface area contributed by atoms with Gasteiger partial charge in [0, 0.05) is 51.3 Å². The monoisotopic (exact) mass is 447 g/mol. The molecule has 2 aliphatic rings. The van der Waals surface area contributed by atoms with Crippen molar-refractivity contribution in [3.8, 4) is 0 Å². The van der Waals surface area contributed by atoms with Gasteiger partial charge < -0.3 is 9.80 Å². The Bertz CT molecular complexity index is 1010. The first-order valence-electron chi connectivity index (χ1n) is 10.0. The van der Waals surface area contributed by atoms with Gasteiger partial charge >= 0.3 is 0 Å². The van der Waals surface area contributed by atoms with Crippen LogP contribution in [0.4, 0.5) is 0 Å². The van der Waals surface area contributed by atoms with Gasteiger partial charge in [-0.15, -0.1) is 0 Å². The number of carbonyl (C=O) groups is 2. The second-order valence-electron chi connectivity index (χ2n) is 7.73. The van der Waals surface area contributed by atoms with Crippen molar-refractivity contribution in [3.63, 3.8) is 0 Å². The third kappa shape index (κ3) is 4.43. The maximum absolute atomic E-state index is 13.0. The molecule has 1 aliphatic heterocycles. The summed E-state index contributed by atoms with van der Waals surface area (Å²) in [6.07, 6.45) is 2.02. The van der Waals surface area contributed by atoms with Gasteiger partial charge in [0.05, 0.1) is 4.90 Å². The first-order chi connectivity index (χ1) is 14.4. The highest BCUT2D eigenvalue weighted by Crippen LogP contribution is 2.30. The minimum absolute atomic E-state index is 0.0439. The van der Waals surface area contributed by atoms with Crippen LogP contribution in [-0.4, -0.2) is 66.6 Å². The highest BCUT2D eigenvalue weighted by molar-refractivity contribution is 7.89. The van der Waals surface area contributed by atoms with Crippen molar-refractivity contribution < 1.29 is 18.0 Å². The summed E-state index contributed by atoms with van der Waals surface area (Å²) < 4.78 is 27.3. The Morgan fingerprint density at radius 3 is 2.27 bits per heavy atom. The number of thiophene rings is 1. The standard InChI is InChI=1S/C21H25N3O4S2/c1-16(25)22-9-11-23(12-10-22)30(27,28)20-6-2-18(3-7-20)21(26)24(19-4-5-19)14-17-8-13-29-15-17/h2-3,6-8,13,15,19H,4-5,9-12,14H2,1H3. The van der Waals surface area contributed by atoms with Crippen LogP contribution < -0.4 is 0 Å². The van der Waals surface area contributed by atoms with Gasteiger partial charge in [0.2, 0.25) is 15.9 Å². The molecule has 1 aromatic carbocycles. The van der Waals surface area contributed by atoms with Crippen molar-refractivity contribution in [1.82, 2.24) is 14.1 Å². The molecular formula is C21H25N3O4S2. The summed E-state index contributed by atoms with van der Waals surface area (Å²) in [5, 5.41) is 4.05. The molecule has 0 N–H and O–H groups in total. The zero-order chi connectivity index (χ0) is 21.3. The summed E-state index contributed by atoms with van der Waals surface area (Å²) in [7, 11) is -3.65. The van der Waals surface area contributed by atoms with E-state index >= 15 is 0 Å². The predicted octanol–water partition coefficient (Wildman–Crippen LogP) is 2.41. The van der Waals surface area contributed by atoms with Crippen molar-refractivity contribution >= 4 is 33.2 Å². The van der Waals surface area contributed by atoms with E-state index in [1.165, 1.54) is 23.4 Å². The van der Waals surface area contributed by atoms with Crippen LogP contribution in [0, 0.1) is 0 Å². The molecule has 1 aromatic heterocycles. The van der Waals surface area contributed by atoms with Crippen LogP contribution in [0.25, 0.3) is 0 Å². The fourth-order valence-electron chi connectivity index (χ4n) is 3.66. The van der Waals surface area contributed by atoms with E-state index in [9.17, 15) is 18.0 Å². The molecule has 0 radical (unpaired) electrons. The molecule has 1 saturated heterocycles. The van der Waals surface area contributed by atoms with Gasteiger partial charge in [0.1, 0.15) is 0 Å². The van der Waals surface area contributed by atoms with Crippen molar-refractivity contribution in [2.45, 2.75) is 37.2 Å². The van der Waals surface area contributed by atoms with Crippen LogP contribution in [0.15, 0.2) is 46.0 Å². The first kappa shape index (κ1) is 21.0. The Balaban J connectivity index is 1.46. The van der Waals surface area contributed by atoms with Crippen LogP contribution in [0.2, 0.25) is 0 Å². The summed E-state index contributed by atoms with van der Waals surface area (Å²) in [6, 6.07) is 8.51. The average molecular weight is 448 g/mol. The van der Waals surface area contributed by atoms with Crippen LogP contribution in [0.3, 0.4) is 0 Å². The van der Waals surface area contributed by atoms with E-state index in [2.05, 4.69) is 0 Å². The highest BCUT2D eigenvalue weighted by atomic mass is 32.2. The summed E-state index contributed by atoms with van der Waals surface area (Å²) in [6.45, 7) is 3.40. The quantitative estimate of drug-likeness (QED) is 0.681. The number of hydrogen-bond donors (Lipinski definition) is 0. The summed E-state index contributed by atoms with van der Waals surface area (Å²) in [5.74, 6) is -0.111. The SMILES string of the molecule is CC(=O)N1CCN(S(=O)(=O)c2ccc(C(=O)N(Cc3ccsc3)C3CC3)cc2)CC1. The van der Waals surface area contributed by atoms with Crippen LogP contribution in [0.5, 0.6) is 0 Å². The van der Waals surface area contributed by atoms with E-state index in [4.69, 9.17) is 0 Å². The van der Waals surface area contributed by atoms with Crippen LogP contribution >= 0.6 is 11.3 Å². The Labute approximate surface area is 180 Å². The van der Waals surface area contributed by atoms with Crippen molar-refractivity contribution in [3.05, 3.63) is 52.2 Å². The molecule has 1 saturated carbocycles. The minimum Gasteiger partial charge on any atom is -0.340 e. The third-order valence-corrected chi connectivity index (χ3v) is 8.25. The van der Waals surface area contributed by atoms with Crippen molar-refractivity contribution in [1.29, 1.82) is 0 Å². The molecule has 2 amide bonds. The lowest BCUT2D eigenvalue weighted by atomic mass is 10.2. The molecule has 7 nitrogen and oxygen atoms in total. The molecule has 2 heterocycles. The third-order valence-electron chi connectivity index (χ3n) is 5.60. The van der Waals surface area contributed by atoms with Crippen molar-refractivity contribution in [2.24, 2.45) is 0 Å². The van der Waals surface area contributed by atoms with Gasteiger partial charge in [-0.1, -0.05) is 0 Å². The Morgan fingerprint density at radius 1 is 1.07 bits per heavy atom. The Hall–Kier alpha value is -2.23. The second kappa shape index (κ2) is 8.49.